The number of benzene rings is 2. The van der Waals surface area contributed by atoms with Crippen LogP contribution in [0.2, 0.25) is 0 Å². The summed E-state index contributed by atoms with van der Waals surface area (Å²) in [6.45, 7) is 6.99. The fraction of sp³-hybridized carbons (Fsp3) is 0.316. The molecule has 0 aromatic heterocycles. The van der Waals surface area contributed by atoms with Crippen LogP contribution in [-0.2, 0) is 6.42 Å². The Morgan fingerprint density at radius 1 is 1.13 bits per heavy atom. The highest BCUT2D eigenvalue weighted by atomic mass is 16.5. The third-order valence-electron chi connectivity index (χ3n) is 4.45. The molecule has 1 heterocycles. The lowest BCUT2D eigenvalue weighted by Crippen LogP contribution is -2.40. The van der Waals surface area contributed by atoms with Crippen molar-refractivity contribution in [2.45, 2.75) is 27.2 Å². The maximum Gasteiger partial charge on any atom is 0.324 e. The fourth-order valence-electron chi connectivity index (χ4n) is 2.96. The van der Waals surface area contributed by atoms with Crippen molar-refractivity contribution >= 4 is 11.7 Å². The highest BCUT2D eigenvalue weighted by Crippen LogP contribution is 2.27. The maximum absolute atomic E-state index is 12.4. The lowest BCUT2D eigenvalue weighted by atomic mass is 10.1. The number of carbonyl (C=O) groups excluding carboxylic acids is 1. The number of urea groups is 1. The molecule has 0 atom stereocenters. The normalized spacial score (nSPS) is 12.9. The third-order valence-corrected chi connectivity index (χ3v) is 4.45. The van der Waals surface area contributed by atoms with Gasteiger partial charge in [-0.05, 0) is 55.5 Å². The van der Waals surface area contributed by atoms with Crippen LogP contribution in [0.25, 0.3) is 0 Å². The second-order valence-electron chi connectivity index (χ2n) is 5.95. The Bertz CT molecular complexity index is 740. The molecule has 4 nitrogen and oxygen atoms in total. The number of fused-ring (bicyclic) bond motifs is 1. The van der Waals surface area contributed by atoms with E-state index in [9.17, 15) is 4.79 Å². The van der Waals surface area contributed by atoms with Gasteiger partial charge in [0.25, 0.3) is 0 Å². The summed E-state index contributed by atoms with van der Waals surface area (Å²) in [6.07, 6.45) is 0.903. The molecule has 2 amide bonds. The Morgan fingerprint density at radius 2 is 1.87 bits per heavy atom. The van der Waals surface area contributed by atoms with Crippen LogP contribution in [0.5, 0.6) is 5.75 Å². The number of amides is 2. The van der Waals surface area contributed by atoms with E-state index in [0.29, 0.717) is 6.54 Å². The van der Waals surface area contributed by atoms with E-state index in [1.807, 2.05) is 38.1 Å². The van der Waals surface area contributed by atoms with Crippen LogP contribution in [-0.4, -0.2) is 19.3 Å². The average molecular weight is 310 g/mol. The summed E-state index contributed by atoms with van der Waals surface area (Å²) in [5.74, 6) is 0.854. The van der Waals surface area contributed by atoms with Gasteiger partial charge >= 0.3 is 6.03 Å². The van der Waals surface area contributed by atoms with Crippen LogP contribution in [0.15, 0.2) is 36.4 Å². The van der Waals surface area contributed by atoms with Crippen LogP contribution in [0, 0.1) is 20.8 Å². The molecule has 3 rings (SSSR count). The monoisotopic (exact) mass is 310 g/mol. The maximum atomic E-state index is 12.4. The molecular weight excluding hydrogens is 288 g/mol. The number of aryl methyl sites for hydroxylation is 2. The van der Waals surface area contributed by atoms with Gasteiger partial charge in [0.15, 0.2) is 6.73 Å². The fourth-order valence-corrected chi connectivity index (χ4v) is 2.96. The van der Waals surface area contributed by atoms with Gasteiger partial charge in [-0.2, -0.15) is 0 Å². The lowest BCUT2D eigenvalue weighted by molar-refractivity contribution is 0.229. The number of anilines is 1. The largest absolute Gasteiger partial charge is 0.473 e. The van der Waals surface area contributed by atoms with Crippen molar-refractivity contribution in [2.75, 3.05) is 18.2 Å². The topological polar surface area (TPSA) is 41.6 Å². The first-order valence-corrected chi connectivity index (χ1v) is 7.91. The van der Waals surface area contributed by atoms with E-state index in [4.69, 9.17) is 4.74 Å². The average Bonchev–Trinajstić information content (AvgIpc) is 2.98. The van der Waals surface area contributed by atoms with E-state index in [1.165, 1.54) is 11.1 Å². The van der Waals surface area contributed by atoms with Crippen LogP contribution in [0.4, 0.5) is 10.5 Å². The van der Waals surface area contributed by atoms with E-state index < -0.39 is 0 Å². The first-order chi connectivity index (χ1) is 11.1. The summed E-state index contributed by atoms with van der Waals surface area (Å²) >= 11 is 0. The number of hydrogen-bond donors (Lipinski definition) is 1. The molecule has 1 aliphatic heterocycles. The van der Waals surface area contributed by atoms with Crippen molar-refractivity contribution in [3.63, 3.8) is 0 Å². The number of nitrogens with one attached hydrogen (secondary N) is 1. The first-order valence-electron chi connectivity index (χ1n) is 7.91. The van der Waals surface area contributed by atoms with Crippen LogP contribution < -0.4 is 15.0 Å². The number of hydrogen-bond acceptors (Lipinski definition) is 2. The number of rotatable bonds is 3. The Labute approximate surface area is 137 Å². The van der Waals surface area contributed by atoms with Gasteiger partial charge in [-0.15, -0.1) is 0 Å². The molecule has 4 heteroatoms. The summed E-state index contributed by atoms with van der Waals surface area (Å²) < 4.78 is 5.81. The Morgan fingerprint density at radius 3 is 2.70 bits per heavy atom. The molecule has 120 valence electrons. The molecule has 0 saturated heterocycles. The van der Waals surface area contributed by atoms with Gasteiger partial charge in [-0.3, -0.25) is 4.90 Å². The molecule has 0 fully saturated rings. The Kier molecular flexibility index (Phi) is 4.24. The summed E-state index contributed by atoms with van der Waals surface area (Å²) in [7, 11) is 0. The molecule has 23 heavy (non-hydrogen) atoms. The summed E-state index contributed by atoms with van der Waals surface area (Å²) in [5.41, 5.74) is 5.59. The van der Waals surface area contributed by atoms with Gasteiger partial charge < -0.3 is 10.1 Å². The van der Waals surface area contributed by atoms with Crippen molar-refractivity contribution in [1.29, 1.82) is 0 Å². The quantitative estimate of drug-likeness (QED) is 0.878. The minimum absolute atomic E-state index is 0.113. The van der Waals surface area contributed by atoms with Gasteiger partial charge in [0.05, 0.1) is 0 Å². The standard InChI is InChI=1S/C19H22N2O2/c1-13-8-9-14(2)18(15(13)3)23-12-20-19(22)21-11-10-16-6-4-5-7-17(16)21/h4-9H,10-12H2,1-3H3,(H,20,22). The molecule has 2 aromatic rings. The predicted octanol–water partition coefficient (Wildman–Crippen LogP) is 3.72. The Balaban J connectivity index is 1.62. The molecule has 2 aromatic carbocycles. The molecule has 1 N–H and O–H groups in total. The smallest absolute Gasteiger partial charge is 0.324 e. The number of ether oxygens (including phenoxy) is 1. The predicted molar refractivity (Wildman–Crippen MR) is 92.2 cm³/mol. The van der Waals surface area contributed by atoms with Crippen LogP contribution in [0.3, 0.4) is 0 Å². The van der Waals surface area contributed by atoms with Crippen molar-refractivity contribution in [2.24, 2.45) is 0 Å². The van der Waals surface area contributed by atoms with Crippen LogP contribution >= 0.6 is 0 Å². The Hall–Kier alpha value is -2.49. The zero-order valence-corrected chi connectivity index (χ0v) is 13.8. The first kappa shape index (κ1) is 15.4. The molecule has 0 radical (unpaired) electrons. The van der Waals surface area contributed by atoms with E-state index in [1.54, 1.807) is 4.90 Å². The number of carbonyl (C=O) groups is 1. The summed E-state index contributed by atoms with van der Waals surface area (Å²) in [4.78, 5) is 14.1. The molecule has 0 saturated carbocycles. The van der Waals surface area contributed by atoms with Crippen LogP contribution in [0.1, 0.15) is 22.3 Å². The van der Waals surface area contributed by atoms with E-state index >= 15 is 0 Å². The molecule has 0 bridgehead atoms. The van der Waals surface area contributed by atoms with Crippen molar-refractivity contribution < 1.29 is 9.53 Å². The second kappa shape index (κ2) is 6.32. The minimum Gasteiger partial charge on any atom is -0.473 e. The highest BCUT2D eigenvalue weighted by Gasteiger charge is 2.23. The minimum atomic E-state index is -0.113. The van der Waals surface area contributed by atoms with Gasteiger partial charge in [0.1, 0.15) is 5.75 Å². The zero-order chi connectivity index (χ0) is 16.4. The van der Waals surface area contributed by atoms with E-state index in [2.05, 4.69) is 24.4 Å². The summed E-state index contributed by atoms with van der Waals surface area (Å²) in [6, 6.07) is 12.0. The molecular formula is C19H22N2O2. The van der Waals surface area contributed by atoms with Gasteiger partial charge in [-0.1, -0.05) is 30.3 Å². The molecule has 1 aliphatic rings. The highest BCUT2D eigenvalue weighted by molar-refractivity contribution is 5.94. The number of para-hydroxylation sites is 1. The second-order valence-corrected chi connectivity index (χ2v) is 5.95. The SMILES string of the molecule is Cc1ccc(C)c(OCNC(=O)N2CCc3ccccc32)c1C. The number of nitrogens with zero attached hydrogens (tertiary/aromatic N) is 1. The molecule has 0 unspecified atom stereocenters. The van der Waals surface area contributed by atoms with Crippen molar-refractivity contribution in [3.8, 4) is 5.75 Å². The lowest BCUT2D eigenvalue weighted by Gasteiger charge is -2.19. The van der Waals surface area contributed by atoms with E-state index in [-0.39, 0.29) is 12.8 Å². The third kappa shape index (κ3) is 3.02. The molecule has 0 spiro atoms. The summed E-state index contributed by atoms with van der Waals surface area (Å²) in [5, 5.41) is 2.85. The molecule has 0 aliphatic carbocycles. The van der Waals surface area contributed by atoms with Gasteiger partial charge in [0.2, 0.25) is 0 Å². The zero-order valence-electron chi connectivity index (χ0n) is 13.8. The van der Waals surface area contributed by atoms with Gasteiger partial charge in [0, 0.05) is 12.2 Å². The van der Waals surface area contributed by atoms with Gasteiger partial charge in [-0.25, -0.2) is 4.79 Å². The van der Waals surface area contributed by atoms with Crippen molar-refractivity contribution in [3.05, 3.63) is 58.7 Å². The van der Waals surface area contributed by atoms with E-state index in [0.717, 1.165) is 29.0 Å². The van der Waals surface area contributed by atoms with Crippen molar-refractivity contribution in [1.82, 2.24) is 5.32 Å².